The van der Waals surface area contributed by atoms with Crippen molar-refractivity contribution in [1.29, 1.82) is 0 Å². The molecule has 7 atom stereocenters. The van der Waals surface area contributed by atoms with Crippen LogP contribution < -0.4 is 0 Å². The van der Waals surface area contributed by atoms with Gasteiger partial charge in [0.05, 0.1) is 42.2 Å². The van der Waals surface area contributed by atoms with Crippen molar-refractivity contribution in [3.63, 3.8) is 0 Å². The molecule has 2 aromatic carbocycles. The van der Waals surface area contributed by atoms with Gasteiger partial charge < -0.3 is 18.6 Å². The van der Waals surface area contributed by atoms with Crippen LogP contribution in [0.5, 0.6) is 0 Å². The van der Waals surface area contributed by atoms with Gasteiger partial charge in [0.2, 0.25) is 0 Å². The minimum absolute atomic E-state index is 0.00567. The molecule has 41 heavy (non-hydrogen) atoms. The summed E-state index contributed by atoms with van der Waals surface area (Å²) in [4.78, 5) is 21.4. The minimum atomic E-state index is -1.98. The molecular weight excluding hydrogens is 532 g/mol. The van der Waals surface area contributed by atoms with Crippen LogP contribution in [-0.2, 0) is 30.7 Å². The normalized spacial score (nSPS) is 32.8. The number of amides is 1. The van der Waals surface area contributed by atoms with Gasteiger partial charge in [-0.1, -0.05) is 55.5 Å². The van der Waals surface area contributed by atoms with Crippen LogP contribution >= 0.6 is 0 Å². The zero-order valence-electron chi connectivity index (χ0n) is 24.6. The van der Waals surface area contributed by atoms with Crippen LogP contribution in [0.2, 0.25) is 19.6 Å². The summed E-state index contributed by atoms with van der Waals surface area (Å²) in [5.41, 5.74) is 4.07. The third-order valence-corrected chi connectivity index (χ3v) is 11.0. The average Bonchev–Trinajstić information content (AvgIpc) is 3.43. The smallest absolute Gasteiger partial charge is 0.410 e. The lowest BCUT2D eigenvalue weighted by Gasteiger charge is -2.51. The van der Waals surface area contributed by atoms with E-state index in [9.17, 15) is 4.79 Å². The average molecular weight is 575 g/mol. The van der Waals surface area contributed by atoms with E-state index >= 15 is 0 Å². The summed E-state index contributed by atoms with van der Waals surface area (Å²) < 4.78 is 25.8. The number of aliphatic imine (C=N–C) groups is 1. The topological polar surface area (TPSA) is 69.6 Å². The van der Waals surface area contributed by atoms with Gasteiger partial charge in [-0.3, -0.25) is 9.89 Å². The third-order valence-electron chi connectivity index (χ3n) is 10.0. The van der Waals surface area contributed by atoms with Crippen molar-refractivity contribution in [2.24, 2.45) is 22.7 Å². The van der Waals surface area contributed by atoms with E-state index in [0.29, 0.717) is 0 Å². The molecule has 1 aliphatic carbocycles. The number of carbonyl (C=O) groups is 1. The van der Waals surface area contributed by atoms with E-state index in [1.165, 1.54) is 5.56 Å². The molecule has 5 aliphatic rings. The fraction of sp³-hybridized carbons (Fsp3) is 0.576. The molecule has 3 saturated heterocycles. The summed E-state index contributed by atoms with van der Waals surface area (Å²) in [6, 6.07) is 18.4. The van der Waals surface area contributed by atoms with Gasteiger partial charge in [0.1, 0.15) is 6.61 Å². The molecule has 0 radical (unpaired) electrons. The Morgan fingerprint density at radius 3 is 2.56 bits per heavy atom. The van der Waals surface area contributed by atoms with Gasteiger partial charge in [0.25, 0.3) is 0 Å². The highest BCUT2D eigenvalue weighted by Crippen LogP contribution is 2.65. The van der Waals surface area contributed by atoms with Crippen molar-refractivity contribution in [3.8, 4) is 0 Å². The number of piperidine rings is 2. The first-order chi connectivity index (χ1) is 19.8. The maximum atomic E-state index is 14.0. The van der Waals surface area contributed by atoms with Crippen LogP contribution in [0.15, 0.2) is 59.6 Å². The molecular formula is C33H42N2O5Si. The van der Waals surface area contributed by atoms with Crippen molar-refractivity contribution >= 4 is 25.8 Å². The van der Waals surface area contributed by atoms with E-state index in [4.69, 9.17) is 23.6 Å². The number of carbonyl (C=O) groups excluding carboxylic acids is 1. The van der Waals surface area contributed by atoms with Crippen molar-refractivity contribution in [3.05, 3.63) is 65.7 Å². The monoisotopic (exact) mass is 574 g/mol. The molecule has 0 N–H and O–H groups in total. The van der Waals surface area contributed by atoms with Gasteiger partial charge in [-0.05, 0) is 68.4 Å². The van der Waals surface area contributed by atoms with Crippen LogP contribution in [0, 0.1) is 17.8 Å². The van der Waals surface area contributed by atoms with Crippen LogP contribution in [0.1, 0.15) is 43.7 Å². The fourth-order valence-corrected chi connectivity index (χ4v) is 9.76. The lowest BCUT2D eigenvalue weighted by molar-refractivity contribution is -0.222. The molecule has 1 amide bonds. The van der Waals surface area contributed by atoms with Crippen molar-refractivity contribution in [2.45, 2.75) is 88.7 Å². The first-order valence-corrected chi connectivity index (χ1v) is 18.8. The second kappa shape index (κ2) is 10.3. The molecule has 7 nitrogen and oxygen atoms in total. The molecule has 2 unspecified atom stereocenters. The number of benzene rings is 2. The number of hydrogen-bond donors (Lipinski definition) is 0. The summed E-state index contributed by atoms with van der Waals surface area (Å²) in [6.45, 7) is 10.8. The Morgan fingerprint density at radius 1 is 1.10 bits per heavy atom. The first-order valence-electron chi connectivity index (χ1n) is 15.4. The number of rotatable bonds is 7. The van der Waals surface area contributed by atoms with E-state index in [-0.39, 0.29) is 60.3 Å². The lowest BCUT2D eigenvalue weighted by Crippen LogP contribution is -2.63. The van der Waals surface area contributed by atoms with Crippen molar-refractivity contribution in [1.82, 2.24) is 4.90 Å². The second-order valence-corrected chi connectivity index (χ2v) is 17.8. The molecule has 4 fully saturated rings. The van der Waals surface area contributed by atoms with E-state index in [0.717, 1.165) is 55.9 Å². The molecule has 3 bridgehead atoms. The Labute approximate surface area is 244 Å². The summed E-state index contributed by atoms with van der Waals surface area (Å²) >= 11 is 0. The fourth-order valence-electron chi connectivity index (χ4n) is 8.64. The van der Waals surface area contributed by atoms with Crippen molar-refractivity contribution in [2.75, 3.05) is 13.2 Å². The molecule has 218 valence electrons. The lowest BCUT2D eigenvalue weighted by atomic mass is 9.68. The Bertz CT molecular complexity index is 1320. The van der Waals surface area contributed by atoms with Gasteiger partial charge in [-0.2, -0.15) is 0 Å². The molecule has 7 rings (SSSR count). The molecule has 1 saturated carbocycles. The van der Waals surface area contributed by atoms with E-state index < -0.39 is 8.32 Å². The third kappa shape index (κ3) is 4.41. The van der Waals surface area contributed by atoms with E-state index in [1.807, 2.05) is 30.3 Å². The summed E-state index contributed by atoms with van der Waals surface area (Å²) in [5, 5.41) is 0. The van der Waals surface area contributed by atoms with Gasteiger partial charge in [-0.15, -0.1) is 0 Å². The number of para-hydroxylation sites is 1. The maximum Gasteiger partial charge on any atom is 0.410 e. The zero-order valence-corrected chi connectivity index (χ0v) is 25.6. The minimum Gasteiger partial charge on any atom is -0.445 e. The number of nitrogens with zero attached hydrogens (tertiary/aromatic N) is 2. The quantitative estimate of drug-likeness (QED) is 0.356. The standard InChI is InChI=1S/C33H42N2O5Si/c1-5-22(31-37-16-11-17-38-31)23-18-26-29-33(24-14-9-10-15-25(24)34-29)19-27(28(23)30(33)40-41(2,3)4)35(26)32(36)39-20-21-12-7-6-8-13-21/h6-10,12-15,22-23,26-28,30-31H,5,11,16-20H2,1-4H3/t22-,23-,26-,27?,28?,30-,33+/m0/s1. The maximum absolute atomic E-state index is 14.0. The molecule has 0 aromatic heterocycles. The number of fused-ring (bicyclic) bond motifs is 3. The van der Waals surface area contributed by atoms with Gasteiger partial charge in [0, 0.05) is 17.9 Å². The molecule has 4 aliphatic heterocycles. The summed E-state index contributed by atoms with van der Waals surface area (Å²) in [7, 11) is -1.98. The second-order valence-electron chi connectivity index (χ2n) is 13.4. The van der Waals surface area contributed by atoms with Crippen LogP contribution in [0.3, 0.4) is 0 Å². The molecule has 8 heteroatoms. The van der Waals surface area contributed by atoms with Gasteiger partial charge >= 0.3 is 6.09 Å². The SMILES string of the molecule is CC[C@H](C1OCCCO1)[C@@H]1C[C@H]2C3=Nc4ccccc4[C@]34CC(C1[C@@H]4O[Si](C)(C)C)N2C(=O)OCc1ccccc1. The van der Waals surface area contributed by atoms with Crippen LogP contribution in [0.25, 0.3) is 0 Å². The molecule has 1 spiro atoms. The van der Waals surface area contributed by atoms with Gasteiger partial charge in [-0.25, -0.2) is 4.79 Å². The molecule has 2 aromatic rings. The largest absolute Gasteiger partial charge is 0.445 e. The van der Waals surface area contributed by atoms with Crippen LogP contribution in [0.4, 0.5) is 10.5 Å². The number of hydrogen-bond acceptors (Lipinski definition) is 6. The number of ether oxygens (including phenoxy) is 3. The molecule has 4 heterocycles. The predicted octanol–water partition coefficient (Wildman–Crippen LogP) is 6.45. The Hall–Kier alpha value is -2.52. The van der Waals surface area contributed by atoms with Crippen molar-refractivity contribution < 1.29 is 23.4 Å². The van der Waals surface area contributed by atoms with E-state index in [1.54, 1.807) is 0 Å². The highest BCUT2D eigenvalue weighted by atomic mass is 28.4. The summed E-state index contributed by atoms with van der Waals surface area (Å²) in [6.07, 6.45) is 3.02. The highest BCUT2D eigenvalue weighted by Gasteiger charge is 2.73. The highest BCUT2D eigenvalue weighted by molar-refractivity contribution is 6.69. The Balaban J connectivity index is 1.32. The Kier molecular flexibility index (Phi) is 6.88. The van der Waals surface area contributed by atoms with Crippen LogP contribution in [-0.4, -0.2) is 62.7 Å². The first kappa shape index (κ1) is 27.3. The zero-order chi connectivity index (χ0) is 28.4. The van der Waals surface area contributed by atoms with Gasteiger partial charge in [0.15, 0.2) is 14.6 Å². The van der Waals surface area contributed by atoms with E-state index in [2.05, 4.69) is 55.7 Å². The Morgan fingerprint density at radius 2 is 1.83 bits per heavy atom. The predicted molar refractivity (Wildman–Crippen MR) is 160 cm³/mol. The summed E-state index contributed by atoms with van der Waals surface area (Å²) in [5.74, 6) is 0.656.